The molecule has 0 saturated heterocycles. The number of hydrogen-bond acceptors (Lipinski definition) is 3. The lowest BCUT2D eigenvalue weighted by Gasteiger charge is -2.28. The van der Waals surface area contributed by atoms with Gasteiger partial charge in [-0.2, -0.15) is 0 Å². The van der Waals surface area contributed by atoms with Crippen LogP contribution in [0.1, 0.15) is 63.0 Å². The van der Waals surface area contributed by atoms with Crippen LogP contribution in [0.5, 0.6) is 5.75 Å². The van der Waals surface area contributed by atoms with E-state index in [0.29, 0.717) is 5.56 Å². The molecule has 0 bridgehead atoms. The van der Waals surface area contributed by atoms with Gasteiger partial charge in [0.05, 0.1) is 11.4 Å². The largest absolute Gasteiger partial charge is 0.507 e. The number of nitrogens with zero attached hydrogens (tertiary/aromatic N) is 1. The van der Waals surface area contributed by atoms with Crippen LogP contribution < -0.4 is 10.2 Å². The molecule has 2 N–H and O–H groups in total. The average Bonchev–Trinajstić information content (AvgIpc) is 2.53. The number of para-hydroxylation sites is 2. The molecule has 146 valence electrons. The summed E-state index contributed by atoms with van der Waals surface area (Å²) >= 11 is 0. The molecule has 2 rings (SSSR count). The summed E-state index contributed by atoms with van der Waals surface area (Å²) in [6.07, 6.45) is 0. The molecule has 0 atom stereocenters. The Morgan fingerprint density at radius 3 is 1.85 bits per heavy atom. The zero-order chi connectivity index (χ0) is 20.6. The molecule has 4 nitrogen and oxygen atoms in total. The number of carbonyl (C=O) groups is 1. The summed E-state index contributed by atoms with van der Waals surface area (Å²) in [5.41, 5.74) is 3.26. The van der Waals surface area contributed by atoms with Gasteiger partial charge in [0.1, 0.15) is 5.75 Å². The number of anilines is 2. The maximum absolute atomic E-state index is 13.0. The second-order valence-electron chi connectivity index (χ2n) is 9.29. The minimum Gasteiger partial charge on any atom is -0.507 e. The normalized spacial score (nSPS) is 12.0. The van der Waals surface area contributed by atoms with E-state index in [0.717, 1.165) is 22.5 Å². The average molecular weight is 369 g/mol. The molecule has 0 unspecified atom stereocenters. The van der Waals surface area contributed by atoms with Crippen molar-refractivity contribution in [3.8, 4) is 5.75 Å². The predicted octanol–water partition coefficient (Wildman–Crippen LogP) is 5.31. The molecule has 2 aromatic carbocycles. The fraction of sp³-hybridized carbons (Fsp3) is 0.435. The van der Waals surface area contributed by atoms with Gasteiger partial charge in [0.15, 0.2) is 0 Å². The fourth-order valence-electron chi connectivity index (χ4n) is 3.07. The standard InChI is InChI=1S/C23H32N2O2/c1-22(2,3)16-13-15(14-17(20(16)26)23(4,5)6)21(27)24-18-11-9-10-12-19(18)25(7)8/h9-14,26H,1-8H3,(H,24,27). The lowest BCUT2D eigenvalue weighted by molar-refractivity contribution is 0.102. The second-order valence-corrected chi connectivity index (χ2v) is 9.29. The molecule has 0 aliphatic rings. The number of aromatic hydroxyl groups is 1. The zero-order valence-corrected chi connectivity index (χ0v) is 17.8. The summed E-state index contributed by atoms with van der Waals surface area (Å²) in [5, 5.41) is 13.9. The third-order valence-corrected chi connectivity index (χ3v) is 4.62. The van der Waals surface area contributed by atoms with E-state index in [9.17, 15) is 9.90 Å². The van der Waals surface area contributed by atoms with Gasteiger partial charge in [-0.15, -0.1) is 0 Å². The summed E-state index contributed by atoms with van der Waals surface area (Å²) in [4.78, 5) is 15.0. The number of benzene rings is 2. The monoisotopic (exact) mass is 368 g/mol. The molecular weight excluding hydrogens is 336 g/mol. The number of phenolic OH excluding ortho intramolecular Hbond substituents is 1. The van der Waals surface area contributed by atoms with Crippen molar-refractivity contribution in [1.82, 2.24) is 0 Å². The predicted molar refractivity (Wildman–Crippen MR) is 114 cm³/mol. The van der Waals surface area contributed by atoms with Crippen molar-refractivity contribution in [2.45, 2.75) is 52.4 Å². The van der Waals surface area contributed by atoms with Crippen LogP contribution >= 0.6 is 0 Å². The van der Waals surface area contributed by atoms with Gasteiger partial charge in [0, 0.05) is 30.8 Å². The van der Waals surface area contributed by atoms with E-state index in [4.69, 9.17) is 0 Å². The van der Waals surface area contributed by atoms with E-state index >= 15 is 0 Å². The van der Waals surface area contributed by atoms with E-state index in [1.165, 1.54) is 0 Å². The minimum atomic E-state index is -0.276. The molecule has 0 aromatic heterocycles. The lowest BCUT2D eigenvalue weighted by Crippen LogP contribution is -2.21. The van der Waals surface area contributed by atoms with Gasteiger partial charge >= 0.3 is 0 Å². The summed E-state index contributed by atoms with van der Waals surface area (Å²) in [7, 11) is 3.89. The van der Waals surface area contributed by atoms with Gasteiger partial charge in [-0.1, -0.05) is 53.7 Å². The molecule has 4 heteroatoms. The van der Waals surface area contributed by atoms with Crippen molar-refractivity contribution in [3.63, 3.8) is 0 Å². The Morgan fingerprint density at radius 2 is 1.41 bits per heavy atom. The van der Waals surface area contributed by atoms with Crippen molar-refractivity contribution < 1.29 is 9.90 Å². The minimum absolute atomic E-state index is 0.180. The first-order chi connectivity index (χ1) is 12.3. The highest BCUT2D eigenvalue weighted by molar-refractivity contribution is 6.06. The number of nitrogens with one attached hydrogen (secondary N) is 1. The van der Waals surface area contributed by atoms with Crippen molar-refractivity contribution in [3.05, 3.63) is 53.1 Å². The summed E-state index contributed by atoms with van der Waals surface area (Å²) in [5.74, 6) is 0.0977. The second kappa shape index (κ2) is 7.26. The van der Waals surface area contributed by atoms with E-state index in [2.05, 4.69) is 5.32 Å². The number of phenols is 1. The molecule has 0 spiro atoms. The molecule has 1 amide bonds. The number of amides is 1. The van der Waals surface area contributed by atoms with Gasteiger partial charge in [-0.05, 0) is 35.1 Å². The number of rotatable bonds is 3. The Kier molecular flexibility index (Phi) is 5.60. The van der Waals surface area contributed by atoms with E-state index < -0.39 is 0 Å². The Balaban J connectivity index is 2.54. The van der Waals surface area contributed by atoms with E-state index in [1.807, 2.05) is 84.8 Å². The molecule has 0 radical (unpaired) electrons. The van der Waals surface area contributed by atoms with Crippen LogP contribution in [-0.2, 0) is 10.8 Å². The Labute approximate surface area is 163 Å². The van der Waals surface area contributed by atoms with Crippen LogP contribution in [0.4, 0.5) is 11.4 Å². The van der Waals surface area contributed by atoms with Crippen molar-refractivity contribution >= 4 is 17.3 Å². The Morgan fingerprint density at radius 1 is 0.926 bits per heavy atom. The number of hydrogen-bond donors (Lipinski definition) is 2. The van der Waals surface area contributed by atoms with Crippen molar-refractivity contribution in [2.24, 2.45) is 0 Å². The molecule has 27 heavy (non-hydrogen) atoms. The molecule has 2 aromatic rings. The molecule has 0 heterocycles. The summed E-state index contributed by atoms with van der Waals surface area (Å²) < 4.78 is 0. The molecule has 0 saturated carbocycles. The highest BCUT2D eigenvalue weighted by Gasteiger charge is 2.28. The summed E-state index contributed by atoms with van der Waals surface area (Å²) in [6.45, 7) is 12.2. The first-order valence-corrected chi connectivity index (χ1v) is 9.28. The highest BCUT2D eigenvalue weighted by Crippen LogP contribution is 2.40. The van der Waals surface area contributed by atoms with E-state index in [-0.39, 0.29) is 22.5 Å². The van der Waals surface area contributed by atoms with Crippen molar-refractivity contribution in [1.29, 1.82) is 0 Å². The van der Waals surface area contributed by atoms with Gasteiger partial charge < -0.3 is 15.3 Å². The lowest BCUT2D eigenvalue weighted by atomic mass is 9.78. The van der Waals surface area contributed by atoms with Crippen LogP contribution in [-0.4, -0.2) is 25.1 Å². The topological polar surface area (TPSA) is 52.6 Å². The van der Waals surface area contributed by atoms with Gasteiger partial charge in [0.2, 0.25) is 0 Å². The highest BCUT2D eigenvalue weighted by atomic mass is 16.3. The third-order valence-electron chi connectivity index (χ3n) is 4.62. The van der Waals surface area contributed by atoms with Crippen LogP contribution in [0.15, 0.2) is 36.4 Å². The molecule has 0 fully saturated rings. The van der Waals surface area contributed by atoms with Gasteiger partial charge in [-0.3, -0.25) is 4.79 Å². The molecule has 0 aliphatic carbocycles. The third kappa shape index (κ3) is 4.62. The Hall–Kier alpha value is -2.49. The van der Waals surface area contributed by atoms with Crippen molar-refractivity contribution in [2.75, 3.05) is 24.3 Å². The van der Waals surface area contributed by atoms with Crippen LogP contribution in [0.2, 0.25) is 0 Å². The first kappa shape index (κ1) is 20.8. The Bertz CT molecular complexity index is 805. The van der Waals surface area contributed by atoms with Crippen LogP contribution in [0.3, 0.4) is 0 Å². The molecular formula is C23H32N2O2. The summed E-state index contributed by atoms with van der Waals surface area (Å²) in [6, 6.07) is 11.3. The van der Waals surface area contributed by atoms with Crippen LogP contribution in [0.25, 0.3) is 0 Å². The molecule has 0 aliphatic heterocycles. The smallest absolute Gasteiger partial charge is 0.255 e. The SMILES string of the molecule is CN(C)c1ccccc1NC(=O)c1cc(C(C)(C)C)c(O)c(C(C)(C)C)c1. The van der Waals surface area contributed by atoms with Crippen LogP contribution in [0, 0.1) is 0 Å². The first-order valence-electron chi connectivity index (χ1n) is 9.28. The van der Waals surface area contributed by atoms with E-state index in [1.54, 1.807) is 12.1 Å². The zero-order valence-electron chi connectivity index (χ0n) is 17.8. The maximum atomic E-state index is 13.0. The van der Waals surface area contributed by atoms with Gasteiger partial charge in [0.25, 0.3) is 5.91 Å². The number of carbonyl (C=O) groups excluding carboxylic acids is 1. The van der Waals surface area contributed by atoms with Gasteiger partial charge in [-0.25, -0.2) is 0 Å². The fourth-order valence-corrected chi connectivity index (χ4v) is 3.07. The quantitative estimate of drug-likeness (QED) is 0.772. The maximum Gasteiger partial charge on any atom is 0.255 e.